The van der Waals surface area contributed by atoms with Gasteiger partial charge in [-0.2, -0.15) is 0 Å². The minimum atomic E-state index is -0.471. The van der Waals surface area contributed by atoms with Crippen LogP contribution < -0.4 is 26.3 Å². The van der Waals surface area contributed by atoms with Crippen molar-refractivity contribution < 1.29 is 14.3 Å². The van der Waals surface area contributed by atoms with E-state index in [9.17, 15) is 9.59 Å². The van der Waals surface area contributed by atoms with E-state index in [2.05, 4.69) is 106 Å². The maximum atomic E-state index is 15.0. The van der Waals surface area contributed by atoms with Gasteiger partial charge >= 0.3 is 0 Å². The predicted molar refractivity (Wildman–Crippen MR) is 205 cm³/mol. The van der Waals surface area contributed by atoms with Crippen LogP contribution in [-0.4, -0.2) is 53.5 Å². The number of hydrogen-bond donors (Lipinski definition) is 4. The molecule has 2 amide bonds. The lowest BCUT2D eigenvalue weighted by Gasteiger charge is -2.49. The normalized spacial score (nSPS) is 23.5. The molecule has 10 heteroatoms. The molecule has 2 heterocycles. The third kappa shape index (κ3) is 9.83. The third-order valence-electron chi connectivity index (χ3n) is 10.8. The van der Waals surface area contributed by atoms with Crippen molar-refractivity contribution in [1.82, 2.24) is 31.6 Å². The summed E-state index contributed by atoms with van der Waals surface area (Å²) in [4.78, 5) is 30.3. The molecular formula is C41H63N7O3. The fourth-order valence-electron chi connectivity index (χ4n) is 7.63. The van der Waals surface area contributed by atoms with Crippen LogP contribution in [0.3, 0.4) is 0 Å². The molecule has 3 aliphatic rings. The van der Waals surface area contributed by atoms with E-state index < -0.39 is 11.7 Å². The van der Waals surface area contributed by atoms with Crippen molar-refractivity contribution >= 4 is 17.6 Å². The summed E-state index contributed by atoms with van der Waals surface area (Å²) in [6.07, 6.45) is 6.62. The van der Waals surface area contributed by atoms with Crippen LogP contribution >= 0.6 is 0 Å². The van der Waals surface area contributed by atoms with Crippen molar-refractivity contribution in [3.63, 3.8) is 0 Å². The molecule has 4 N–H and O–H groups in total. The first-order valence-corrected chi connectivity index (χ1v) is 18.9. The monoisotopic (exact) mass is 701 g/mol. The fourth-order valence-corrected chi connectivity index (χ4v) is 7.63. The van der Waals surface area contributed by atoms with Gasteiger partial charge in [0.25, 0.3) is 5.91 Å². The number of hydrazone groups is 1. The van der Waals surface area contributed by atoms with E-state index in [4.69, 9.17) is 4.74 Å². The summed E-state index contributed by atoms with van der Waals surface area (Å²) in [6.45, 7) is 21.4. The zero-order chi connectivity index (χ0) is 37.2. The molecule has 5 rings (SSSR count). The highest BCUT2D eigenvalue weighted by Gasteiger charge is 2.55. The number of amidine groups is 1. The first-order chi connectivity index (χ1) is 23.8. The first-order valence-electron chi connectivity index (χ1n) is 18.9. The van der Waals surface area contributed by atoms with E-state index in [1.165, 1.54) is 0 Å². The number of rotatable bonds is 11. The Labute approximate surface area is 306 Å². The van der Waals surface area contributed by atoms with Crippen molar-refractivity contribution in [2.75, 3.05) is 20.2 Å². The molecule has 0 aromatic heterocycles. The van der Waals surface area contributed by atoms with Gasteiger partial charge in [0.2, 0.25) is 5.91 Å². The second kappa shape index (κ2) is 15.2. The Balaban J connectivity index is 1.45. The highest BCUT2D eigenvalue weighted by molar-refractivity contribution is 5.97. The second-order valence-corrected chi connectivity index (χ2v) is 18.4. The maximum Gasteiger partial charge on any atom is 0.251 e. The molecule has 2 aromatic rings. The average molecular weight is 702 g/mol. The molecular weight excluding hydrogens is 638 g/mol. The van der Waals surface area contributed by atoms with Gasteiger partial charge in [0.05, 0.1) is 24.9 Å². The van der Waals surface area contributed by atoms with Gasteiger partial charge in [-0.05, 0) is 103 Å². The van der Waals surface area contributed by atoms with Crippen molar-refractivity contribution in [3.05, 3.63) is 65.2 Å². The Hall–Kier alpha value is -3.63. The molecule has 51 heavy (non-hydrogen) atoms. The molecule has 2 atom stereocenters. The van der Waals surface area contributed by atoms with Gasteiger partial charge in [0.1, 0.15) is 11.8 Å². The van der Waals surface area contributed by atoms with E-state index in [1.54, 1.807) is 12.2 Å². The molecule has 1 aliphatic carbocycles. The predicted octanol–water partition coefficient (Wildman–Crippen LogP) is 7.47. The zero-order valence-electron chi connectivity index (χ0n) is 32.8. The van der Waals surface area contributed by atoms with E-state index >= 15 is 0 Å². The van der Waals surface area contributed by atoms with Crippen LogP contribution in [0.25, 0.3) is 0 Å². The number of carbonyl (C=O) groups excluding carboxylic acids is 2. The van der Waals surface area contributed by atoms with Gasteiger partial charge in [-0.3, -0.25) is 20.3 Å². The van der Waals surface area contributed by atoms with Gasteiger partial charge in [0.15, 0.2) is 5.84 Å². The van der Waals surface area contributed by atoms with Crippen LogP contribution in [0.2, 0.25) is 0 Å². The summed E-state index contributed by atoms with van der Waals surface area (Å²) in [5.74, 6) is 1.96. The average Bonchev–Trinajstić information content (AvgIpc) is 3.59. The summed E-state index contributed by atoms with van der Waals surface area (Å²) in [5, 5.41) is 12.7. The van der Waals surface area contributed by atoms with Crippen molar-refractivity contribution in [3.8, 4) is 5.75 Å². The fraction of sp³-hybridized carbons (Fsp3) is 0.634. The molecule has 2 aliphatic heterocycles. The van der Waals surface area contributed by atoms with Crippen LogP contribution in [0, 0.1) is 22.2 Å². The van der Waals surface area contributed by atoms with E-state index in [1.807, 2.05) is 36.4 Å². The van der Waals surface area contributed by atoms with Crippen molar-refractivity contribution in [1.29, 1.82) is 0 Å². The summed E-state index contributed by atoms with van der Waals surface area (Å²) in [5.41, 5.74) is 8.38. The van der Waals surface area contributed by atoms with E-state index in [0.717, 1.165) is 61.8 Å². The number of hydrogen-bond acceptors (Lipinski definition) is 8. The van der Waals surface area contributed by atoms with Crippen molar-refractivity contribution in [2.24, 2.45) is 27.3 Å². The number of hydrazine groups is 2. The number of amides is 2. The first kappa shape index (κ1) is 38.6. The number of benzene rings is 2. The van der Waals surface area contributed by atoms with Crippen LogP contribution in [0.1, 0.15) is 141 Å². The summed E-state index contributed by atoms with van der Waals surface area (Å²) in [6, 6.07) is 15.3. The van der Waals surface area contributed by atoms with E-state index in [-0.39, 0.29) is 40.6 Å². The zero-order valence-corrected chi connectivity index (χ0v) is 32.8. The van der Waals surface area contributed by atoms with Gasteiger partial charge in [-0.15, -0.1) is 10.2 Å². The van der Waals surface area contributed by atoms with Crippen LogP contribution in [0.4, 0.5) is 0 Å². The number of nitrogens with one attached hydrogen (secondary N) is 4. The quantitative estimate of drug-likeness (QED) is 0.192. The SMILES string of the molecule is CN1NN=C(CNC(=O)c2ccc(C(CCC(C)(C)C)N3C(=O)C(c4cccc(OCCC(C)(C)C)c4)NC34CCC(C(C)(C)C)CC4)cc2)N1. The molecule has 1 spiro atoms. The van der Waals surface area contributed by atoms with Crippen LogP contribution in [0.15, 0.2) is 53.6 Å². The van der Waals surface area contributed by atoms with Gasteiger partial charge < -0.3 is 15.0 Å². The van der Waals surface area contributed by atoms with Gasteiger partial charge in [0, 0.05) is 12.6 Å². The topological polar surface area (TPSA) is 110 Å². The lowest BCUT2D eigenvalue weighted by atomic mass is 9.69. The molecule has 0 radical (unpaired) electrons. The molecule has 2 unspecified atom stereocenters. The summed E-state index contributed by atoms with van der Waals surface area (Å²) >= 11 is 0. The Bertz CT molecular complexity index is 1540. The van der Waals surface area contributed by atoms with Crippen LogP contribution in [-0.2, 0) is 4.79 Å². The molecule has 2 fully saturated rings. The maximum absolute atomic E-state index is 15.0. The lowest BCUT2D eigenvalue weighted by Crippen LogP contribution is -2.56. The summed E-state index contributed by atoms with van der Waals surface area (Å²) < 4.78 is 6.21. The lowest BCUT2D eigenvalue weighted by molar-refractivity contribution is -0.137. The minimum absolute atomic E-state index is 0.0867. The molecule has 1 saturated carbocycles. The number of carbonyl (C=O) groups is 2. The van der Waals surface area contributed by atoms with E-state index in [0.29, 0.717) is 23.9 Å². The minimum Gasteiger partial charge on any atom is -0.494 e. The Morgan fingerprint density at radius 1 is 0.980 bits per heavy atom. The standard InChI is InChI=1S/C41H63N7O3/c1-38(2,3)21-20-33(28-14-16-29(17-15-28)36(49)42-27-34-44-46-47(10)45-34)48-37(50)35(43-41(48)22-18-31(19-23-41)40(7,8)9)30-12-11-13-32(26-30)51-25-24-39(4,5)6/h11-17,26,31,33,35,43,46H,18-25,27H2,1-10H3,(H,42,49)(H,44,45). The number of nitrogens with zero attached hydrogens (tertiary/aromatic N) is 3. The molecule has 280 valence electrons. The second-order valence-electron chi connectivity index (χ2n) is 18.4. The Kier molecular flexibility index (Phi) is 11.5. The Morgan fingerprint density at radius 3 is 2.24 bits per heavy atom. The highest BCUT2D eigenvalue weighted by Crippen LogP contribution is 2.50. The molecule has 10 nitrogen and oxygen atoms in total. The van der Waals surface area contributed by atoms with Gasteiger partial charge in [-0.1, -0.05) is 86.6 Å². The largest absolute Gasteiger partial charge is 0.494 e. The smallest absolute Gasteiger partial charge is 0.251 e. The Morgan fingerprint density at radius 2 is 1.65 bits per heavy atom. The van der Waals surface area contributed by atoms with Gasteiger partial charge in [-0.25, -0.2) is 5.53 Å². The van der Waals surface area contributed by atoms with Crippen LogP contribution in [0.5, 0.6) is 5.75 Å². The molecule has 2 aromatic carbocycles. The highest BCUT2D eigenvalue weighted by atomic mass is 16.5. The molecule has 0 bridgehead atoms. The molecule has 1 saturated heterocycles. The third-order valence-corrected chi connectivity index (χ3v) is 10.8. The number of ether oxygens (including phenoxy) is 1. The van der Waals surface area contributed by atoms with Crippen molar-refractivity contribution in [2.45, 2.75) is 125 Å². The summed E-state index contributed by atoms with van der Waals surface area (Å²) in [7, 11) is 1.80.